The lowest BCUT2D eigenvalue weighted by molar-refractivity contribution is -0.384. The van der Waals surface area contributed by atoms with Crippen LogP contribution in [0.15, 0.2) is 71.6 Å². The Kier molecular flexibility index (Phi) is 7.11. The van der Waals surface area contributed by atoms with Crippen LogP contribution in [0.25, 0.3) is 6.08 Å². The van der Waals surface area contributed by atoms with Gasteiger partial charge in [0, 0.05) is 12.1 Å². The zero-order valence-electron chi connectivity index (χ0n) is 18.7. The van der Waals surface area contributed by atoms with Gasteiger partial charge in [0.25, 0.3) is 16.8 Å². The number of carbonyl (C=O) groups excluding carboxylic acids is 3. The predicted molar refractivity (Wildman–Crippen MR) is 129 cm³/mol. The molecular weight excluding hydrogens is 491 g/mol. The van der Waals surface area contributed by atoms with Gasteiger partial charge >= 0.3 is 5.97 Å². The molecule has 0 saturated carbocycles. The van der Waals surface area contributed by atoms with Crippen LogP contribution in [0.4, 0.5) is 14.9 Å². The lowest BCUT2D eigenvalue weighted by Gasteiger charge is -2.12. The third kappa shape index (κ3) is 5.41. The minimum atomic E-state index is -0.738. The Labute approximate surface area is 208 Å². The fraction of sp³-hybridized carbons (Fsp3) is 0.0800. The molecule has 0 atom stereocenters. The molecule has 1 fully saturated rings. The second kappa shape index (κ2) is 10.4. The molecule has 3 aromatic carbocycles. The van der Waals surface area contributed by atoms with Crippen LogP contribution in [-0.2, 0) is 11.3 Å². The summed E-state index contributed by atoms with van der Waals surface area (Å²) in [6, 6.07) is 15.1. The third-order valence-electron chi connectivity index (χ3n) is 5.13. The quantitative estimate of drug-likeness (QED) is 0.141. The molecule has 0 aliphatic carbocycles. The van der Waals surface area contributed by atoms with E-state index in [1.807, 2.05) is 0 Å². The summed E-state index contributed by atoms with van der Waals surface area (Å²) in [5.74, 6) is -1.34. The number of halogens is 1. The molecule has 11 heteroatoms. The summed E-state index contributed by atoms with van der Waals surface area (Å²) < 4.78 is 23.8. The van der Waals surface area contributed by atoms with Crippen molar-refractivity contribution in [2.45, 2.75) is 6.54 Å². The number of esters is 1. The maximum absolute atomic E-state index is 13.1. The molecule has 1 aliphatic rings. The molecule has 2 amide bonds. The van der Waals surface area contributed by atoms with Crippen LogP contribution in [0.1, 0.15) is 21.5 Å². The number of methoxy groups -OCH3 is 1. The maximum atomic E-state index is 13.1. The Morgan fingerprint density at radius 2 is 1.75 bits per heavy atom. The molecule has 1 heterocycles. The Morgan fingerprint density at radius 1 is 1.06 bits per heavy atom. The van der Waals surface area contributed by atoms with Crippen LogP contribution in [-0.4, -0.2) is 34.0 Å². The monoisotopic (exact) mass is 508 g/mol. The molecule has 4 rings (SSSR count). The standard InChI is InChI=1S/C25H17FN2O7S/c1-34-21-12-16(4-11-20(21)35-24(30)17-5-9-19(10-6-17)28(32)33)13-22-23(29)27(25(31)36-22)14-15-2-7-18(26)8-3-15/h2-13H,14H2,1H3/b22-13-. The number of nitrogens with zero attached hydrogens (tertiary/aromatic N) is 2. The molecule has 0 N–H and O–H groups in total. The van der Waals surface area contributed by atoms with Gasteiger partial charge in [0.15, 0.2) is 11.5 Å². The summed E-state index contributed by atoms with van der Waals surface area (Å²) in [5.41, 5.74) is 1.09. The largest absolute Gasteiger partial charge is 0.493 e. The van der Waals surface area contributed by atoms with E-state index in [4.69, 9.17) is 9.47 Å². The first-order chi connectivity index (χ1) is 17.2. The van der Waals surface area contributed by atoms with E-state index in [-0.39, 0.29) is 34.2 Å². The number of thioether (sulfide) groups is 1. The fourth-order valence-corrected chi connectivity index (χ4v) is 4.13. The van der Waals surface area contributed by atoms with Gasteiger partial charge in [-0.05, 0) is 65.4 Å². The molecule has 36 heavy (non-hydrogen) atoms. The van der Waals surface area contributed by atoms with Gasteiger partial charge < -0.3 is 9.47 Å². The van der Waals surface area contributed by atoms with Crippen molar-refractivity contribution in [1.29, 1.82) is 0 Å². The highest BCUT2D eigenvalue weighted by Gasteiger charge is 2.35. The van der Waals surface area contributed by atoms with E-state index < -0.39 is 27.9 Å². The van der Waals surface area contributed by atoms with Gasteiger partial charge in [-0.1, -0.05) is 18.2 Å². The number of nitro groups is 1. The van der Waals surface area contributed by atoms with Gasteiger partial charge in [0.1, 0.15) is 5.82 Å². The van der Waals surface area contributed by atoms with Gasteiger partial charge in [-0.2, -0.15) is 0 Å². The Balaban J connectivity index is 1.49. The number of amides is 2. The van der Waals surface area contributed by atoms with Gasteiger partial charge in [0.05, 0.1) is 29.0 Å². The van der Waals surface area contributed by atoms with E-state index in [9.17, 15) is 28.9 Å². The molecule has 3 aromatic rings. The number of hydrogen-bond donors (Lipinski definition) is 0. The number of ether oxygens (including phenoxy) is 2. The number of non-ortho nitro benzene ring substituents is 1. The highest BCUT2D eigenvalue weighted by molar-refractivity contribution is 8.18. The van der Waals surface area contributed by atoms with Crippen molar-refractivity contribution in [3.63, 3.8) is 0 Å². The number of nitro benzene ring substituents is 1. The van der Waals surface area contributed by atoms with Crippen molar-refractivity contribution in [2.75, 3.05) is 7.11 Å². The molecular formula is C25H17FN2O7S. The summed E-state index contributed by atoms with van der Waals surface area (Å²) in [6.07, 6.45) is 1.51. The first-order valence-corrected chi connectivity index (χ1v) is 11.2. The van der Waals surface area contributed by atoms with Gasteiger partial charge in [0.2, 0.25) is 0 Å². The number of imide groups is 1. The number of benzene rings is 3. The maximum Gasteiger partial charge on any atom is 0.343 e. The Morgan fingerprint density at radius 3 is 2.39 bits per heavy atom. The van der Waals surface area contributed by atoms with Crippen molar-refractivity contribution in [1.82, 2.24) is 4.90 Å². The van der Waals surface area contributed by atoms with Crippen molar-refractivity contribution in [3.8, 4) is 11.5 Å². The van der Waals surface area contributed by atoms with E-state index in [0.29, 0.717) is 11.1 Å². The lowest BCUT2D eigenvalue weighted by atomic mass is 10.1. The molecule has 0 radical (unpaired) electrons. The smallest absolute Gasteiger partial charge is 0.343 e. The van der Waals surface area contributed by atoms with Crippen LogP contribution in [0.2, 0.25) is 0 Å². The third-order valence-corrected chi connectivity index (χ3v) is 6.04. The minimum Gasteiger partial charge on any atom is -0.493 e. The zero-order chi connectivity index (χ0) is 25.8. The average Bonchev–Trinajstić information content (AvgIpc) is 3.13. The second-order valence-electron chi connectivity index (χ2n) is 7.50. The average molecular weight is 508 g/mol. The van der Waals surface area contributed by atoms with E-state index in [1.54, 1.807) is 6.07 Å². The van der Waals surface area contributed by atoms with E-state index >= 15 is 0 Å². The lowest BCUT2D eigenvalue weighted by Crippen LogP contribution is -2.27. The van der Waals surface area contributed by atoms with Gasteiger partial charge in [-0.3, -0.25) is 24.6 Å². The molecule has 0 aromatic heterocycles. The Hall–Kier alpha value is -4.51. The van der Waals surface area contributed by atoms with E-state index in [0.717, 1.165) is 16.7 Å². The summed E-state index contributed by atoms with van der Waals surface area (Å²) in [5, 5.41) is 10.3. The SMILES string of the molecule is COc1cc(/C=C2\SC(=O)N(Cc3ccc(F)cc3)C2=O)ccc1OC(=O)c1ccc([N+](=O)[O-])cc1. The van der Waals surface area contributed by atoms with Gasteiger partial charge in [-0.25, -0.2) is 9.18 Å². The topological polar surface area (TPSA) is 116 Å². The summed E-state index contributed by atoms with van der Waals surface area (Å²) >= 11 is 0.778. The van der Waals surface area contributed by atoms with Crippen LogP contribution >= 0.6 is 11.8 Å². The van der Waals surface area contributed by atoms with Crippen LogP contribution in [0.5, 0.6) is 11.5 Å². The summed E-state index contributed by atoms with van der Waals surface area (Å²) in [7, 11) is 1.37. The molecule has 1 saturated heterocycles. The van der Waals surface area contributed by atoms with Crippen LogP contribution in [0, 0.1) is 15.9 Å². The van der Waals surface area contributed by atoms with Crippen molar-refractivity contribution < 1.29 is 33.2 Å². The number of hydrogen-bond acceptors (Lipinski definition) is 8. The van der Waals surface area contributed by atoms with Gasteiger partial charge in [-0.15, -0.1) is 0 Å². The minimum absolute atomic E-state index is 0.0170. The number of carbonyl (C=O) groups is 3. The first-order valence-electron chi connectivity index (χ1n) is 10.4. The first kappa shape index (κ1) is 24.6. The van der Waals surface area contributed by atoms with Crippen molar-refractivity contribution in [2.24, 2.45) is 0 Å². The molecule has 182 valence electrons. The second-order valence-corrected chi connectivity index (χ2v) is 8.49. The fourth-order valence-electron chi connectivity index (χ4n) is 3.30. The number of rotatable bonds is 7. The van der Waals surface area contributed by atoms with Crippen molar-refractivity contribution in [3.05, 3.63) is 104 Å². The molecule has 0 spiro atoms. The van der Waals surface area contributed by atoms with Crippen LogP contribution < -0.4 is 9.47 Å². The van der Waals surface area contributed by atoms with Crippen molar-refractivity contribution >= 4 is 40.6 Å². The van der Waals surface area contributed by atoms with E-state index in [1.165, 1.54) is 73.8 Å². The molecule has 9 nitrogen and oxygen atoms in total. The Bertz CT molecular complexity index is 1390. The normalized spacial score (nSPS) is 14.3. The molecule has 0 unspecified atom stereocenters. The predicted octanol–water partition coefficient (Wildman–Crippen LogP) is 5.20. The molecule has 1 aliphatic heterocycles. The zero-order valence-corrected chi connectivity index (χ0v) is 19.5. The highest BCUT2D eigenvalue weighted by atomic mass is 32.2. The van der Waals surface area contributed by atoms with E-state index in [2.05, 4.69) is 0 Å². The summed E-state index contributed by atoms with van der Waals surface area (Å²) in [4.78, 5) is 49.1. The highest BCUT2D eigenvalue weighted by Crippen LogP contribution is 2.35. The summed E-state index contributed by atoms with van der Waals surface area (Å²) in [6.45, 7) is 0.0170. The van der Waals surface area contributed by atoms with Crippen LogP contribution in [0.3, 0.4) is 0 Å². The molecule has 0 bridgehead atoms.